The van der Waals surface area contributed by atoms with Crippen LogP contribution in [0.1, 0.15) is 18.2 Å². The molecule has 15 heavy (non-hydrogen) atoms. The highest BCUT2D eigenvalue weighted by atomic mass is 16.1. The highest BCUT2D eigenvalue weighted by molar-refractivity contribution is 5.79. The Morgan fingerprint density at radius 3 is 3.00 bits per heavy atom. The zero-order valence-corrected chi connectivity index (χ0v) is 8.58. The van der Waals surface area contributed by atoms with Gasteiger partial charge in [0.2, 0.25) is 0 Å². The fourth-order valence-corrected chi connectivity index (χ4v) is 1.54. The minimum atomic E-state index is -0.0220. The number of hydrogen-bond acceptors (Lipinski definition) is 2. The van der Waals surface area contributed by atoms with Crippen LogP contribution in [-0.2, 0) is 6.42 Å². The molecule has 0 aliphatic rings. The maximum atomic E-state index is 11.6. The number of H-pyrrole nitrogens is 1. The van der Waals surface area contributed by atoms with Crippen LogP contribution in [0.4, 0.5) is 0 Å². The largest absolute Gasteiger partial charge is 0.322 e. The van der Waals surface area contributed by atoms with E-state index in [2.05, 4.69) is 16.5 Å². The van der Waals surface area contributed by atoms with Crippen molar-refractivity contribution in [1.29, 1.82) is 0 Å². The fourth-order valence-electron chi connectivity index (χ4n) is 1.54. The Morgan fingerprint density at radius 1 is 1.53 bits per heavy atom. The zero-order chi connectivity index (χ0) is 10.8. The molecule has 0 atom stereocenters. The zero-order valence-electron chi connectivity index (χ0n) is 8.58. The lowest BCUT2D eigenvalue weighted by molar-refractivity contribution is 1.08. The lowest BCUT2D eigenvalue weighted by Crippen LogP contribution is -2.11. The molecule has 0 aliphatic heterocycles. The van der Waals surface area contributed by atoms with Crippen molar-refractivity contribution in [3.8, 4) is 0 Å². The predicted molar refractivity (Wildman–Crippen MR) is 61.8 cm³/mol. The summed E-state index contributed by atoms with van der Waals surface area (Å²) in [6.07, 6.45) is 4.14. The number of aromatic amines is 1. The van der Waals surface area contributed by atoms with Crippen molar-refractivity contribution in [2.24, 2.45) is 0 Å². The lowest BCUT2D eigenvalue weighted by atomic mass is 10.1. The van der Waals surface area contributed by atoms with Crippen molar-refractivity contribution in [3.05, 3.63) is 46.5 Å². The Kier molecular flexibility index (Phi) is 2.37. The summed E-state index contributed by atoms with van der Waals surface area (Å²) in [5.74, 6) is 0. The quantitative estimate of drug-likeness (QED) is 0.807. The van der Waals surface area contributed by atoms with Gasteiger partial charge < -0.3 is 4.98 Å². The van der Waals surface area contributed by atoms with Gasteiger partial charge in [-0.25, -0.2) is 0 Å². The molecule has 0 fully saturated rings. The standard InChI is InChI=1S/C12H12N2O/c1-3-8-5-9-7-13-10(4-2)6-11(9)14-12(8)15/h4-7H,2-3H2,1H3,(H,14,15). The molecule has 0 spiro atoms. The molecule has 0 radical (unpaired) electrons. The van der Waals surface area contributed by atoms with Crippen molar-refractivity contribution < 1.29 is 0 Å². The van der Waals surface area contributed by atoms with Crippen LogP contribution < -0.4 is 5.56 Å². The normalized spacial score (nSPS) is 10.5. The first-order chi connectivity index (χ1) is 7.24. The summed E-state index contributed by atoms with van der Waals surface area (Å²) in [6.45, 7) is 5.60. The van der Waals surface area contributed by atoms with E-state index < -0.39 is 0 Å². The molecule has 2 aromatic heterocycles. The first-order valence-electron chi connectivity index (χ1n) is 4.89. The van der Waals surface area contributed by atoms with Gasteiger partial charge in [-0.2, -0.15) is 0 Å². The van der Waals surface area contributed by atoms with E-state index in [-0.39, 0.29) is 5.56 Å². The molecule has 0 aliphatic carbocycles. The summed E-state index contributed by atoms with van der Waals surface area (Å²) in [4.78, 5) is 18.6. The van der Waals surface area contributed by atoms with Gasteiger partial charge in [-0.3, -0.25) is 9.78 Å². The molecule has 76 valence electrons. The number of rotatable bonds is 2. The van der Waals surface area contributed by atoms with Crippen LogP contribution in [0.15, 0.2) is 29.7 Å². The van der Waals surface area contributed by atoms with E-state index in [1.165, 1.54) is 0 Å². The minimum absolute atomic E-state index is 0.0220. The molecule has 0 bridgehead atoms. The third kappa shape index (κ3) is 1.68. The maximum absolute atomic E-state index is 11.6. The number of aromatic nitrogens is 2. The third-order valence-corrected chi connectivity index (χ3v) is 2.42. The molecule has 0 aromatic carbocycles. The molecule has 3 heteroatoms. The van der Waals surface area contributed by atoms with Crippen molar-refractivity contribution in [3.63, 3.8) is 0 Å². The number of aryl methyl sites for hydroxylation is 1. The molecular weight excluding hydrogens is 188 g/mol. The van der Waals surface area contributed by atoms with Gasteiger partial charge in [-0.15, -0.1) is 0 Å². The van der Waals surface area contributed by atoms with Gasteiger partial charge in [0.15, 0.2) is 0 Å². The predicted octanol–water partition coefficient (Wildman–Crippen LogP) is 2.13. The van der Waals surface area contributed by atoms with Gasteiger partial charge >= 0.3 is 0 Å². The van der Waals surface area contributed by atoms with Gasteiger partial charge in [0.25, 0.3) is 5.56 Å². The molecule has 0 amide bonds. The molecule has 2 rings (SSSR count). The summed E-state index contributed by atoms with van der Waals surface area (Å²) in [6, 6.07) is 3.71. The average Bonchev–Trinajstić information content (AvgIpc) is 2.27. The number of pyridine rings is 2. The van der Waals surface area contributed by atoms with E-state index in [4.69, 9.17) is 0 Å². The van der Waals surface area contributed by atoms with Crippen LogP contribution in [0.2, 0.25) is 0 Å². The molecule has 2 aromatic rings. The van der Waals surface area contributed by atoms with Crippen LogP contribution in [0.25, 0.3) is 17.0 Å². The minimum Gasteiger partial charge on any atom is -0.322 e. The Balaban J connectivity index is 2.75. The van der Waals surface area contributed by atoms with Crippen molar-refractivity contribution in [1.82, 2.24) is 9.97 Å². The molecular formula is C12H12N2O. The van der Waals surface area contributed by atoms with Gasteiger partial charge in [0.05, 0.1) is 11.2 Å². The smallest absolute Gasteiger partial charge is 0.251 e. The maximum Gasteiger partial charge on any atom is 0.251 e. The van der Waals surface area contributed by atoms with E-state index in [0.717, 1.165) is 28.6 Å². The number of hydrogen-bond donors (Lipinski definition) is 1. The molecule has 2 heterocycles. The van der Waals surface area contributed by atoms with Crippen LogP contribution in [-0.4, -0.2) is 9.97 Å². The first kappa shape index (κ1) is 9.65. The number of nitrogens with one attached hydrogen (secondary N) is 1. The second-order valence-electron chi connectivity index (χ2n) is 3.38. The molecule has 0 unspecified atom stereocenters. The van der Waals surface area contributed by atoms with Crippen LogP contribution >= 0.6 is 0 Å². The van der Waals surface area contributed by atoms with E-state index >= 15 is 0 Å². The first-order valence-corrected chi connectivity index (χ1v) is 4.89. The number of nitrogens with zero attached hydrogens (tertiary/aromatic N) is 1. The van der Waals surface area contributed by atoms with Crippen LogP contribution in [0, 0.1) is 0 Å². The summed E-state index contributed by atoms with van der Waals surface area (Å²) in [5, 5.41) is 0.956. The topological polar surface area (TPSA) is 45.8 Å². The second kappa shape index (κ2) is 3.69. The van der Waals surface area contributed by atoms with Crippen molar-refractivity contribution in [2.45, 2.75) is 13.3 Å². The van der Waals surface area contributed by atoms with Crippen LogP contribution in [0.3, 0.4) is 0 Å². The molecule has 3 nitrogen and oxygen atoms in total. The van der Waals surface area contributed by atoms with Crippen molar-refractivity contribution in [2.75, 3.05) is 0 Å². The fraction of sp³-hybridized carbons (Fsp3) is 0.167. The Labute approximate surface area is 87.5 Å². The number of fused-ring (bicyclic) bond motifs is 1. The highest BCUT2D eigenvalue weighted by Crippen LogP contribution is 2.11. The molecule has 0 saturated heterocycles. The Hall–Kier alpha value is -1.90. The Bertz CT molecular complexity index is 569. The summed E-state index contributed by atoms with van der Waals surface area (Å²) in [5.41, 5.74) is 2.34. The second-order valence-corrected chi connectivity index (χ2v) is 3.38. The van der Waals surface area contributed by atoms with Gasteiger partial charge in [0, 0.05) is 17.1 Å². The summed E-state index contributed by atoms with van der Waals surface area (Å²) >= 11 is 0. The van der Waals surface area contributed by atoms with E-state index in [1.807, 2.05) is 19.1 Å². The average molecular weight is 200 g/mol. The van der Waals surface area contributed by atoms with Gasteiger partial charge in [0.1, 0.15) is 0 Å². The van der Waals surface area contributed by atoms with E-state index in [0.29, 0.717) is 0 Å². The van der Waals surface area contributed by atoms with E-state index in [9.17, 15) is 4.79 Å². The summed E-state index contributed by atoms with van der Waals surface area (Å²) in [7, 11) is 0. The summed E-state index contributed by atoms with van der Waals surface area (Å²) < 4.78 is 0. The SMILES string of the molecule is C=Cc1cc2[nH]c(=O)c(CC)cc2cn1. The van der Waals surface area contributed by atoms with Crippen molar-refractivity contribution >= 4 is 17.0 Å². The monoisotopic (exact) mass is 200 g/mol. The molecule has 0 saturated carbocycles. The Morgan fingerprint density at radius 2 is 2.33 bits per heavy atom. The van der Waals surface area contributed by atoms with Gasteiger partial charge in [-0.05, 0) is 24.6 Å². The van der Waals surface area contributed by atoms with Crippen LogP contribution in [0.5, 0.6) is 0 Å². The van der Waals surface area contributed by atoms with Gasteiger partial charge in [-0.1, -0.05) is 13.5 Å². The lowest BCUT2D eigenvalue weighted by Gasteiger charge is -2.01. The highest BCUT2D eigenvalue weighted by Gasteiger charge is 2.01. The third-order valence-electron chi connectivity index (χ3n) is 2.42. The van der Waals surface area contributed by atoms with E-state index in [1.54, 1.807) is 12.3 Å². The molecule has 1 N–H and O–H groups in total.